The third-order valence-corrected chi connectivity index (χ3v) is 3.14. The summed E-state index contributed by atoms with van der Waals surface area (Å²) in [4.78, 5) is 0. The van der Waals surface area contributed by atoms with Crippen LogP contribution in [0.25, 0.3) is 0 Å². The minimum atomic E-state index is 0.0665. The van der Waals surface area contributed by atoms with Gasteiger partial charge in [-0.1, -0.05) is 19.9 Å². The van der Waals surface area contributed by atoms with Crippen molar-refractivity contribution in [1.82, 2.24) is 0 Å². The molecule has 3 heteroatoms. The van der Waals surface area contributed by atoms with Gasteiger partial charge in [-0.2, -0.15) is 0 Å². The number of methoxy groups -OCH3 is 2. The molecular formula is C14H23NO2. The van der Waals surface area contributed by atoms with Crippen LogP contribution in [-0.4, -0.2) is 20.8 Å². The predicted octanol–water partition coefficient (Wildman–Crippen LogP) is 2.72. The van der Waals surface area contributed by atoms with E-state index >= 15 is 0 Å². The fourth-order valence-electron chi connectivity index (χ4n) is 2.04. The van der Waals surface area contributed by atoms with E-state index in [0.29, 0.717) is 0 Å². The van der Waals surface area contributed by atoms with Crippen LogP contribution in [0.5, 0.6) is 11.5 Å². The minimum absolute atomic E-state index is 0.0665. The smallest absolute Gasteiger partial charge is 0.126 e. The summed E-state index contributed by atoms with van der Waals surface area (Å²) in [5.74, 6) is 1.70. The molecule has 3 nitrogen and oxygen atoms in total. The SMILES string of the molecule is COc1ccc(C(C)(C)CCCN)c(OC)c1. The fourth-order valence-corrected chi connectivity index (χ4v) is 2.04. The maximum Gasteiger partial charge on any atom is 0.126 e. The first-order chi connectivity index (χ1) is 8.05. The summed E-state index contributed by atoms with van der Waals surface area (Å²) in [5.41, 5.74) is 6.85. The molecule has 1 aromatic rings. The number of hydrogen-bond donors (Lipinski definition) is 1. The summed E-state index contributed by atoms with van der Waals surface area (Å²) in [6, 6.07) is 5.98. The van der Waals surface area contributed by atoms with Crippen LogP contribution >= 0.6 is 0 Å². The van der Waals surface area contributed by atoms with Gasteiger partial charge in [-0.25, -0.2) is 0 Å². The van der Waals surface area contributed by atoms with Crippen molar-refractivity contribution in [3.8, 4) is 11.5 Å². The van der Waals surface area contributed by atoms with Gasteiger partial charge in [0, 0.05) is 11.6 Å². The average molecular weight is 237 g/mol. The van der Waals surface area contributed by atoms with E-state index in [-0.39, 0.29) is 5.41 Å². The van der Waals surface area contributed by atoms with Gasteiger partial charge in [-0.05, 0) is 30.9 Å². The molecule has 0 aliphatic rings. The van der Waals surface area contributed by atoms with Crippen LogP contribution in [0.4, 0.5) is 0 Å². The molecule has 0 saturated heterocycles. The summed E-state index contributed by atoms with van der Waals surface area (Å²) in [6.07, 6.45) is 2.06. The summed E-state index contributed by atoms with van der Waals surface area (Å²) < 4.78 is 10.6. The predicted molar refractivity (Wildman–Crippen MR) is 70.9 cm³/mol. The standard InChI is InChI=1S/C14H23NO2/c1-14(2,8-5-9-15)12-7-6-11(16-3)10-13(12)17-4/h6-7,10H,5,8-9,15H2,1-4H3. The van der Waals surface area contributed by atoms with Crippen molar-refractivity contribution in [1.29, 1.82) is 0 Å². The average Bonchev–Trinajstić information content (AvgIpc) is 2.35. The van der Waals surface area contributed by atoms with Crippen LogP contribution in [0.2, 0.25) is 0 Å². The van der Waals surface area contributed by atoms with Crippen molar-refractivity contribution in [2.75, 3.05) is 20.8 Å². The van der Waals surface area contributed by atoms with Gasteiger partial charge in [0.15, 0.2) is 0 Å². The van der Waals surface area contributed by atoms with Crippen LogP contribution < -0.4 is 15.2 Å². The Morgan fingerprint density at radius 2 is 1.88 bits per heavy atom. The van der Waals surface area contributed by atoms with Gasteiger partial charge in [-0.15, -0.1) is 0 Å². The third kappa shape index (κ3) is 3.37. The quantitative estimate of drug-likeness (QED) is 0.827. The Hall–Kier alpha value is -1.22. The Kier molecular flexibility index (Phi) is 4.82. The van der Waals surface area contributed by atoms with Crippen LogP contribution in [0.1, 0.15) is 32.3 Å². The summed E-state index contributed by atoms with van der Waals surface area (Å²) in [6.45, 7) is 5.15. The molecule has 0 aliphatic carbocycles. The van der Waals surface area contributed by atoms with E-state index in [1.165, 1.54) is 5.56 Å². The normalized spacial score (nSPS) is 11.4. The molecule has 0 atom stereocenters. The first-order valence-corrected chi connectivity index (χ1v) is 5.97. The molecule has 2 N–H and O–H groups in total. The van der Waals surface area contributed by atoms with Gasteiger partial charge in [0.1, 0.15) is 11.5 Å². The largest absolute Gasteiger partial charge is 0.497 e. The molecule has 0 fully saturated rings. The molecule has 0 aromatic heterocycles. The van der Waals surface area contributed by atoms with Crippen molar-refractivity contribution in [2.24, 2.45) is 5.73 Å². The third-order valence-electron chi connectivity index (χ3n) is 3.14. The lowest BCUT2D eigenvalue weighted by Crippen LogP contribution is -2.19. The molecule has 0 unspecified atom stereocenters. The molecule has 1 aromatic carbocycles. The number of rotatable bonds is 6. The Bertz CT molecular complexity index is 361. The van der Waals surface area contributed by atoms with Crippen LogP contribution in [0.15, 0.2) is 18.2 Å². The van der Waals surface area contributed by atoms with Gasteiger partial charge >= 0.3 is 0 Å². The molecule has 0 radical (unpaired) electrons. The molecule has 0 spiro atoms. The first-order valence-electron chi connectivity index (χ1n) is 5.97. The Labute approximate surface area is 104 Å². The van der Waals surface area contributed by atoms with Crippen molar-refractivity contribution in [3.63, 3.8) is 0 Å². The summed E-state index contributed by atoms with van der Waals surface area (Å²) in [5, 5.41) is 0. The van der Waals surface area contributed by atoms with Crippen LogP contribution in [0, 0.1) is 0 Å². The van der Waals surface area contributed by atoms with Crippen molar-refractivity contribution in [2.45, 2.75) is 32.1 Å². The van der Waals surface area contributed by atoms with E-state index < -0.39 is 0 Å². The highest BCUT2D eigenvalue weighted by atomic mass is 16.5. The van der Waals surface area contributed by atoms with E-state index in [0.717, 1.165) is 30.9 Å². The van der Waals surface area contributed by atoms with Crippen molar-refractivity contribution in [3.05, 3.63) is 23.8 Å². The molecule has 0 bridgehead atoms. The zero-order chi connectivity index (χ0) is 12.9. The van der Waals surface area contributed by atoms with Gasteiger partial charge in [0.25, 0.3) is 0 Å². The lowest BCUT2D eigenvalue weighted by atomic mass is 9.80. The summed E-state index contributed by atoms with van der Waals surface area (Å²) >= 11 is 0. The second-order valence-electron chi connectivity index (χ2n) is 4.84. The second-order valence-corrected chi connectivity index (χ2v) is 4.84. The Morgan fingerprint density at radius 3 is 2.41 bits per heavy atom. The van der Waals surface area contributed by atoms with Gasteiger partial charge in [0.2, 0.25) is 0 Å². The van der Waals surface area contributed by atoms with E-state index in [4.69, 9.17) is 15.2 Å². The molecule has 0 saturated carbocycles. The highest BCUT2D eigenvalue weighted by Crippen LogP contribution is 2.37. The van der Waals surface area contributed by atoms with E-state index in [1.807, 2.05) is 12.1 Å². The number of nitrogens with two attached hydrogens (primary N) is 1. The molecule has 1 rings (SSSR count). The second kappa shape index (κ2) is 5.92. The lowest BCUT2D eigenvalue weighted by Gasteiger charge is -2.27. The molecule has 0 heterocycles. The first kappa shape index (κ1) is 13.8. The Balaban J connectivity index is 3.03. The maximum atomic E-state index is 5.58. The highest BCUT2D eigenvalue weighted by molar-refractivity contribution is 5.44. The molecule has 0 amide bonds. The minimum Gasteiger partial charge on any atom is -0.497 e. The van der Waals surface area contributed by atoms with Crippen molar-refractivity contribution >= 4 is 0 Å². The highest BCUT2D eigenvalue weighted by Gasteiger charge is 2.24. The topological polar surface area (TPSA) is 44.5 Å². The number of ether oxygens (including phenoxy) is 2. The lowest BCUT2D eigenvalue weighted by molar-refractivity contribution is 0.372. The van der Waals surface area contributed by atoms with Gasteiger partial charge in [0.05, 0.1) is 14.2 Å². The fraction of sp³-hybridized carbons (Fsp3) is 0.571. The zero-order valence-corrected chi connectivity index (χ0v) is 11.2. The van der Waals surface area contributed by atoms with Gasteiger partial charge in [-0.3, -0.25) is 0 Å². The molecule has 0 aliphatic heterocycles. The van der Waals surface area contributed by atoms with E-state index in [2.05, 4.69) is 19.9 Å². The van der Waals surface area contributed by atoms with Gasteiger partial charge < -0.3 is 15.2 Å². The molecular weight excluding hydrogens is 214 g/mol. The number of benzene rings is 1. The maximum absolute atomic E-state index is 5.58. The number of hydrogen-bond acceptors (Lipinski definition) is 3. The van der Waals surface area contributed by atoms with Crippen molar-refractivity contribution < 1.29 is 9.47 Å². The van der Waals surface area contributed by atoms with E-state index in [1.54, 1.807) is 14.2 Å². The molecule has 96 valence electrons. The van der Waals surface area contributed by atoms with Crippen LogP contribution in [0.3, 0.4) is 0 Å². The zero-order valence-electron chi connectivity index (χ0n) is 11.2. The Morgan fingerprint density at radius 1 is 1.18 bits per heavy atom. The van der Waals surface area contributed by atoms with Crippen LogP contribution in [-0.2, 0) is 5.41 Å². The molecule has 17 heavy (non-hydrogen) atoms. The van der Waals surface area contributed by atoms with E-state index in [9.17, 15) is 0 Å². The summed E-state index contributed by atoms with van der Waals surface area (Å²) in [7, 11) is 3.35. The monoisotopic (exact) mass is 237 g/mol.